The Balaban J connectivity index is 3.96. The third kappa shape index (κ3) is 7.92. The van der Waals surface area contributed by atoms with E-state index in [1.165, 1.54) is 0 Å². The Morgan fingerprint density at radius 3 is 2.22 bits per heavy atom. The summed E-state index contributed by atoms with van der Waals surface area (Å²) in [4.78, 5) is 22.5. The zero-order valence-corrected chi connectivity index (χ0v) is 11.7. The van der Waals surface area contributed by atoms with Crippen LogP contribution in [0.2, 0.25) is 0 Å². The van der Waals surface area contributed by atoms with E-state index in [0.717, 1.165) is 32.1 Å². The quantitative estimate of drug-likeness (QED) is 0.556. The molecule has 0 saturated heterocycles. The first kappa shape index (κ1) is 16.7. The molecule has 2 atom stereocenters. The number of unbranched alkanes of at least 4 members (excludes halogenated alkanes) is 2. The lowest BCUT2D eigenvalue weighted by atomic mass is 10.1. The standard InChI is InChI=1S/C13H26N2O3/c1-4-6-7-9-10(3)14-13(18)15-11(8-5-2)12(16)17/h10-11H,4-9H2,1-3H3,(H,16,17)(H2,14,15,18)/t10?,11-/m0/s1. The molecule has 0 radical (unpaired) electrons. The number of carboxylic acid groups (broad SMARTS) is 1. The van der Waals surface area contributed by atoms with Crippen LogP contribution in [-0.2, 0) is 4.79 Å². The highest BCUT2D eigenvalue weighted by atomic mass is 16.4. The molecular weight excluding hydrogens is 232 g/mol. The van der Waals surface area contributed by atoms with Crippen molar-refractivity contribution in [3.63, 3.8) is 0 Å². The van der Waals surface area contributed by atoms with Gasteiger partial charge in [0, 0.05) is 6.04 Å². The van der Waals surface area contributed by atoms with E-state index in [0.29, 0.717) is 6.42 Å². The number of carbonyl (C=O) groups is 2. The molecule has 106 valence electrons. The molecule has 0 heterocycles. The van der Waals surface area contributed by atoms with Crippen molar-refractivity contribution in [2.24, 2.45) is 0 Å². The second-order valence-electron chi connectivity index (χ2n) is 4.69. The first-order chi connectivity index (χ1) is 8.51. The van der Waals surface area contributed by atoms with Gasteiger partial charge in [0.15, 0.2) is 0 Å². The van der Waals surface area contributed by atoms with Crippen LogP contribution in [0.4, 0.5) is 4.79 Å². The summed E-state index contributed by atoms with van der Waals surface area (Å²) >= 11 is 0. The van der Waals surface area contributed by atoms with Crippen molar-refractivity contribution in [3.05, 3.63) is 0 Å². The van der Waals surface area contributed by atoms with Crippen LogP contribution < -0.4 is 10.6 Å². The molecule has 0 aromatic carbocycles. The van der Waals surface area contributed by atoms with Gasteiger partial charge in [0.2, 0.25) is 0 Å². The number of urea groups is 1. The fourth-order valence-electron chi connectivity index (χ4n) is 1.74. The molecule has 0 saturated carbocycles. The van der Waals surface area contributed by atoms with E-state index in [1.807, 2.05) is 13.8 Å². The molecule has 2 amide bonds. The lowest BCUT2D eigenvalue weighted by Crippen LogP contribution is -2.48. The van der Waals surface area contributed by atoms with Crippen LogP contribution in [0.15, 0.2) is 0 Å². The van der Waals surface area contributed by atoms with E-state index in [1.54, 1.807) is 0 Å². The summed E-state index contributed by atoms with van der Waals surface area (Å²) in [5.41, 5.74) is 0. The van der Waals surface area contributed by atoms with E-state index in [9.17, 15) is 9.59 Å². The van der Waals surface area contributed by atoms with Gasteiger partial charge in [-0.2, -0.15) is 0 Å². The molecule has 0 fully saturated rings. The van der Waals surface area contributed by atoms with E-state index in [4.69, 9.17) is 5.11 Å². The normalized spacial score (nSPS) is 13.7. The van der Waals surface area contributed by atoms with Crippen LogP contribution in [-0.4, -0.2) is 29.2 Å². The third-order valence-electron chi connectivity index (χ3n) is 2.80. The van der Waals surface area contributed by atoms with E-state index >= 15 is 0 Å². The minimum absolute atomic E-state index is 0.0765. The van der Waals surface area contributed by atoms with Crippen molar-refractivity contribution in [1.29, 1.82) is 0 Å². The number of rotatable bonds is 9. The number of nitrogens with one attached hydrogen (secondary N) is 2. The van der Waals surface area contributed by atoms with Crippen LogP contribution in [0.3, 0.4) is 0 Å². The van der Waals surface area contributed by atoms with Crippen molar-refractivity contribution >= 4 is 12.0 Å². The third-order valence-corrected chi connectivity index (χ3v) is 2.80. The molecule has 1 unspecified atom stereocenters. The maximum absolute atomic E-state index is 11.6. The fourth-order valence-corrected chi connectivity index (χ4v) is 1.74. The van der Waals surface area contributed by atoms with Gasteiger partial charge in [-0.25, -0.2) is 9.59 Å². The highest BCUT2D eigenvalue weighted by molar-refractivity contribution is 5.82. The SMILES string of the molecule is CCCCCC(C)NC(=O)N[C@@H](CCC)C(=O)O. The van der Waals surface area contributed by atoms with Gasteiger partial charge >= 0.3 is 12.0 Å². The Bertz CT molecular complexity index is 257. The molecule has 0 aromatic heterocycles. The van der Waals surface area contributed by atoms with Crippen molar-refractivity contribution in [3.8, 4) is 0 Å². The van der Waals surface area contributed by atoms with E-state index in [-0.39, 0.29) is 12.1 Å². The van der Waals surface area contributed by atoms with Gasteiger partial charge in [0.1, 0.15) is 6.04 Å². The van der Waals surface area contributed by atoms with Crippen molar-refractivity contribution in [1.82, 2.24) is 10.6 Å². The number of hydrogen-bond donors (Lipinski definition) is 3. The lowest BCUT2D eigenvalue weighted by Gasteiger charge is -2.18. The van der Waals surface area contributed by atoms with Gasteiger partial charge in [-0.1, -0.05) is 39.5 Å². The lowest BCUT2D eigenvalue weighted by molar-refractivity contribution is -0.139. The summed E-state index contributed by atoms with van der Waals surface area (Å²) in [6.07, 6.45) is 5.48. The molecule has 5 nitrogen and oxygen atoms in total. The Morgan fingerprint density at radius 1 is 1.06 bits per heavy atom. The molecule has 0 bridgehead atoms. The first-order valence-electron chi connectivity index (χ1n) is 6.81. The van der Waals surface area contributed by atoms with Gasteiger partial charge in [-0.05, 0) is 19.8 Å². The van der Waals surface area contributed by atoms with Crippen LogP contribution in [0, 0.1) is 0 Å². The van der Waals surface area contributed by atoms with Crippen molar-refractivity contribution < 1.29 is 14.7 Å². The molecule has 18 heavy (non-hydrogen) atoms. The summed E-state index contributed by atoms with van der Waals surface area (Å²) in [6, 6.07) is -1.11. The average molecular weight is 258 g/mol. The predicted octanol–water partition coefficient (Wildman–Crippen LogP) is 2.51. The largest absolute Gasteiger partial charge is 0.480 e. The molecule has 0 aliphatic heterocycles. The molecule has 5 heteroatoms. The predicted molar refractivity (Wildman–Crippen MR) is 71.6 cm³/mol. The van der Waals surface area contributed by atoms with E-state index in [2.05, 4.69) is 17.6 Å². The summed E-state index contributed by atoms with van der Waals surface area (Å²) in [7, 11) is 0. The maximum atomic E-state index is 11.6. The number of aliphatic carboxylic acids is 1. The molecule has 3 N–H and O–H groups in total. The highest BCUT2D eigenvalue weighted by Gasteiger charge is 2.19. The zero-order valence-electron chi connectivity index (χ0n) is 11.7. The van der Waals surface area contributed by atoms with E-state index < -0.39 is 12.0 Å². The molecule has 0 aromatic rings. The second kappa shape index (κ2) is 9.74. The Hall–Kier alpha value is -1.26. The van der Waals surface area contributed by atoms with Crippen molar-refractivity contribution in [2.45, 2.75) is 71.4 Å². The van der Waals surface area contributed by atoms with Crippen LogP contribution >= 0.6 is 0 Å². The minimum atomic E-state index is -0.981. The number of hydrogen-bond acceptors (Lipinski definition) is 2. The number of carboxylic acids is 1. The molecule has 0 aliphatic carbocycles. The van der Waals surface area contributed by atoms with Crippen molar-refractivity contribution in [2.75, 3.05) is 0 Å². The Kier molecular flexibility index (Phi) is 9.06. The van der Waals surface area contributed by atoms with Gasteiger partial charge in [0.05, 0.1) is 0 Å². The smallest absolute Gasteiger partial charge is 0.326 e. The Labute approximate surface area is 109 Å². The van der Waals surface area contributed by atoms with Crippen LogP contribution in [0.25, 0.3) is 0 Å². The topological polar surface area (TPSA) is 78.4 Å². The average Bonchev–Trinajstić information content (AvgIpc) is 2.28. The first-order valence-corrected chi connectivity index (χ1v) is 6.81. The summed E-state index contributed by atoms with van der Waals surface area (Å²) in [5, 5.41) is 14.2. The van der Waals surface area contributed by atoms with Crippen LogP contribution in [0.5, 0.6) is 0 Å². The fraction of sp³-hybridized carbons (Fsp3) is 0.846. The molecule has 0 spiro atoms. The maximum Gasteiger partial charge on any atom is 0.326 e. The van der Waals surface area contributed by atoms with Gasteiger partial charge in [-0.3, -0.25) is 0 Å². The van der Waals surface area contributed by atoms with Gasteiger partial charge in [0.25, 0.3) is 0 Å². The van der Waals surface area contributed by atoms with Crippen LogP contribution in [0.1, 0.15) is 59.3 Å². The summed E-state index contributed by atoms with van der Waals surface area (Å²) in [6.45, 7) is 5.96. The second-order valence-corrected chi connectivity index (χ2v) is 4.69. The molecular formula is C13H26N2O3. The highest BCUT2D eigenvalue weighted by Crippen LogP contribution is 2.03. The zero-order chi connectivity index (χ0) is 14.0. The number of carbonyl (C=O) groups excluding carboxylic acids is 1. The van der Waals surface area contributed by atoms with Gasteiger partial charge in [-0.15, -0.1) is 0 Å². The summed E-state index contributed by atoms with van der Waals surface area (Å²) < 4.78 is 0. The Morgan fingerprint density at radius 2 is 1.72 bits per heavy atom. The molecule has 0 aliphatic rings. The minimum Gasteiger partial charge on any atom is -0.480 e. The van der Waals surface area contributed by atoms with Gasteiger partial charge < -0.3 is 15.7 Å². The number of amides is 2. The molecule has 0 rings (SSSR count). The monoisotopic (exact) mass is 258 g/mol. The summed E-state index contributed by atoms with van der Waals surface area (Å²) in [5.74, 6) is -0.981.